The molecule has 0 aliphatic carbocycles. The zero-order valence-corrected chi connectivity index (χ0v) is 15.7. The molecule has 0 heterocycles. The lowest BCUT2D eigenvalue weighted by Gasteiger charge is -2.11. The van der Waals surface area contributed by atoms with Gasteiger partial charge in [-0.05, 0) is 50.2 Å². The molecule has 2 aromatic carbocycles. The number of halogens is 1. The van der Waals surface area contributed by atoms with Gasteiger partial charge in [0.25, 0.3) is 5.91 Å². The van der Waals surface area contributed by atoms with Gasteiger partial charge in [-0.2, -0.15) is 0 Å². The van der Waals surface area contributed by atoms with Crippen molar-refractivity contribution in [3.63, 3.8) is 0 Å². The largest absolute Gasteiger partial charge is 0.495 e. The molecule has 0 fully saturated rings. The van der Waals surface area contributed by atoms with Gasteiger partial charge in [0.1, 0.15) is 5.75 Å². The highest BCUT2D eigenvalue weighted by Gasteiger charge is 2.09. The van der Waals surface area contributed by atoms with Gasteiger partial charge < -0.3 is 20.7 Å². The lowest BCUT2D eigenvalue weighted by atomic mass is 10.1. The minimum atomic E-state index is -0.238. The molecule has 0 aliphatic rings. The molecule has 26 heavy (non-hydrogen) atoms. The standard InChI is InChI=1S/C19H22ClN3O3/c1-12(2)22-19(25)13-5-4-6-15(9-13)23-18(24)11-21-14-7-8-17(26-3)16(20)10-14/h4-10,12,21H,11H2,1-3H3,(H,22,25)(H,23,24). The van der Waals surface area contributed by atoms with E-state index in [1.807, 2.05) is 13.8 Å². The Morgan fingerprint density at radius 3 is 2.54 bits per heavy atom. The normalized spacial score (nSPS) is 10.3. The molecule has 0 radical (unpaired) electrons. The SMILES string of the molecule is COc1ccc(NCC(=O)Nc2cccc(C(=O)NC(C)C)c2)cc1Cl. The number of amides is 2. The van der Waals surface area contributed by atoms with Crippen LogP contribution in [-0.2, 0) is 4.79 Å². The van der Waals surface area contributed by atoms with E-state index in [9.17, 15) is 9.59 Å². The molecule has 0 aliphatic heterocycles. The molecule has 0 aromatic heterocycles. The molecule has 138 valence electrons. The summed E-state index contributed by atoms with van der Waals surface area (Å²) in [5.41, 5.74) is 1.75. The van der Waals surface area contributed by atoms with E-state index in [-0.39, 0.29) is 24.4 Å². The molecular formula is C19H22ClN3O3. The Balaban J connectivity index is 1.93. The Hall–Kier alpha value is -2.73. The highest BCUT2D eigenvalue weighted by Crippen LogP contribution is 2.27. The van der Waals surface area contributed by atoms with Crippen LogP contribution in [0.25, 0.3) is 0 Å². The summed E-state index contributed by atoms with van der Waals surface area (Å²) in [7, 11) is 1.54. The number of rotatable bonds is 7. The average molecular weight is 376 g/mol. The third-order valence-electron chi connectivity index (χ3n) is 3.43. The highest BCUT2D eigenvalue weighted by atomic mass is 35.5. The second-order valence-corrected chi connectivity index (χ2v) is 6.37. The van der Waals surface area contributed by atoms with Crippen molar-refractivity contribution < 1.29 is 14.3 Å². The van der Waals surface area contributed by atoms with Gasteiger partial charge in [0.2, 0.25) is 5.91 Å². The van der Waals surface area contributed by atoms with Gasteiger partial charge in [-0.15, -0.1) is 0 Å². The van der Waals surface area contributed by atoms with Crippen molar-refractivity contribution in [2.45, 2.75) is 19.9 Å². The fourth-order valence-electron chi connectivity index (χ4n) is 2.25. The average Bonchev–Trinajstić information content (AvgIpc) is 2.60. The van der Waals surface area contributed by atoms with Crippen molar-refractivity contribution >= 4 is 34.8 Å². The third kappa shape index (κ3) is 5.67. The van der Waals surface area contributed by atoms with Crippen LogP contribution in [0.15, 0.2) is 42.5 Å². The summed E-state index contributed by atoms with van der Waals surface area (Å²) in [6, 6.07) is 12.0. The highest BCUT2D eigenvalue weighted by molar-refractivity contribution is 6.32. The van der Waals surface area contributed by atoms with E-state index in [0.29, 0.717) is 27.7 Å². The molecule has 0 saturated carbocycles. The molecule has 0 atom stereocenters. The minimum absolute atomic E-state index is 0.0428. The monoisotopic (exact) mass is 375 g/mol. The molecule has 0 saturated heterocycles. The second kappa shape index (κ2) is 9.10. The summed E-state index contributed by atoms with van der Waals surface area (Å²) in [5, 5.41) is 9.02. The third-order valence-corrected chi connectivity index (χ3v) is 3.73. The van der Waals surface area contributed by atoms with Crippen molar-refractivity contribution in [3.05, 3.63) is 53.1 Å². The molecular weight excluding hydrogens is 354 g/mol. The van der Waals surface area contributed by atoms with Gasteiger partial charge in [-0.1, -0.05) is 17.7 Å². The van der Waals surface area contributed by atoms with Crippen LogP contribution < -0.4 is 20.7 Å². The van der Waals surface area contributed by atoms with Crippen LogP contribution in [0.3, 0.4) is 0 Å². The van der Waals surface area contributed by atoms with Gasteiger partial charge in [-0.25, -0.2) is 0 Å². The summed E-state index contributed by atoms with van der Waals surface area (Å²) in [6.45, 7) is 3.84. The van der Waals surface area contributed by atoms with Crippen LogP contribution >= 0.6 is 11.6 Å². The van der Waals surface area contributed by atoms with E-state index in [2.05, 4.69) is 16.0 Å². The Morgan fingerprint density at radius 2 is 1.88 bits per heavy atom. The lowest BCUT2D eigenvalue weighted by molar-refractivity contribution is -0.114. The quantitative estimate of drug-likeness (QED) is 0.691. The lowest BCUT2D eigenvalue weighted by Crippen LogP contribution is -2.30. The number of ether oxygens (including phenoxy) is 1. The summed E-state index contributed by atoms with van der Waals surface area (Å²) >= 11 is 6.05. The Kier molecular flexibility index (Phi) is 6.86. The number of hydrogen-bond acceptors (Lipinski definition) is 4. The van der Waals surface area contributed by atoms with E-state index in [4.69, 9.17) is 16.3 Å². The molecule has 0 unspecified atom stereocenters. The fourth-order valence-corrected chi connectivity index (χ4v) is 2.51. The van der Waals surface area contributed by atoms with Gasteiger partial charge in [0, 0.05) is 23.0 Å². The molecule has 2 rings (SSSR count). The summed E-state index contributed by atoms with van der Waals surface area (Å²) in [4.78, 5) is 24.2. The Labute approximate surface area is 157 Å². The van der Waals surface area contributed by atoms with Crippen LogP contribution in [0.4, 0.5) is 11.4 Å². The predicted molar refractivity (Wildman–Crippen MR) is 104 cm³/mol. The van der Waals surface area contributed by atoms with E-state index in [0.717, 1.165) is 0 Å². The number of carbonyl (C=O) groups excluding carboxylic acids is 2. The zero-order chi connectivity index (χ0) is 19.1. The van der Waals surface area contributed by atoms with Crippen LogP contribution in [0.2, 0.25) is 5.02 Å². The van der Waals surface area contributed by atoms with E-state index in [1.165, 1.54) is 7.11 Å². The topological polar surface area (TPSA) is 79.5 Å². The van der Waals surface area contributed by atoms with Crippen LogP contribution in [0.1, 0.15) is 24.2 Å². The molecule has 2 amide bonds. The van der Waals surface area contributed by atoms with Crippen molar-refractivity contribution in [2.75, 3.05) is 24.3 Å². The number of benzene rings is 2. The van der Waals surface area contributed by atoms with Crippen molar-refractivity contribution in [3.8, 4) is 5.75 Å². The second-order valence-electron chi connectivity index (χ2n) is 5.96. The van der Waals surface area contributed by atoms with Crippen molar-refractivity contribution in [1.29, 1.82) is 0 Å². The van der Waals surface area contributed by atoms with E-state index in [1.54, 1.807) is 42.5 Å². The Morgan fingerprint density at radius 1 is 1.12 bits per heavy atom. The molecule has 0 spiro atoms. The molecule has 3 N–H and O–H groups in total. The summed E-state index contributed by atoms with van der Waals surface area (Å²) in [5.74, 6) is 0.151. The van der Waals surface area contributed by atoms with Gasteiger partial charge in [0.05, 0.1) is 18.7 Å². The van der Waals surface area contributed by atoms with Gasteiger partial charge in [0.15, 0.2) is 0 Å². The van der Waals surface area contributed by atoms with Gasteiger partial charge in [-0.3, -0.25) is 9.59 Å². The van der Waals surface area contributed by atoms with E-state index >= 15 is 0 Å². The van der Waals surface area contributed by atoms with Crippen LogP contribution in [0, 0.1) is 0 Å². The van der Waals surface area contributed by atoms with Crippen molar-refractivity contribution in [2.24, 2.45) is 0 Å². The number of nitrogens with one attached hydrogen (secondary N) is 3. The molecule has 0 bridgehead atoms. The number of carbonyl (C=O) groups is 2. The molecule has 2 aromatic rings. The minimum Gasteiger partial charge on any atom is -0.495 e. The number of anilines is 2. The van der Waals surface area contributed by atoms with Gasteiger partial charge >= 0.3 is 0 Å². The zero-order valence-electron chi connectivity index (χ0n) is 14.9. The predicted octanol–water partition coefficient (Wildman–Crippen LogP) is 3.54. The molecule has 7 heteroatoms. The molecule has 6 nitrogen and oxygen atoms in total. The van der Waals surface area contributed by atoms with E-state index < -0.39 is 0 Å². The maximum atomic E-state index is 12.1. The maximum Gasteiger partial charge on any atom is 0.251 e. The smallest absolute Gasteiger partial charge is 0.251 e. The number of hydrogen-bond donors (Lipinski definition) is 3. The summed E-state index contributed by atoms with van der Waals surface area (Å²) < 4.78 is 5.09. The summed E-state index contributed by atoms with van der Waals surface area (Å²) in [6.07, 6.45) is 0. The first-order chi connectivity index (χ1) is 12.4. The Bertz CT molecular complexity index is 793. The maximum absolute atomic E-state index is 12.1. The fraction of sp³-hybridized carbons (Fsp3) is 0.263. The first-order valence-electron chi connectivity index (χ1n) is 8.17. The van der Waals surface area contributed by atoms with Crippen molar-refractivity contribution in [1.82, 2.24) is 5.32 Å². The first kappa shape index (κ1) is 19.6. The van der Waals surface area contributed by atoms with Crippen LogP contribution in [-0.4, -0.2) is 31.5 Å². The van der Waals surface area contributed by atoms with Crippen LogP contribution in [0.5, 0.6) is 5.75 Å². The number of methoxy groups -OCH3 is 1. The first-order valence-corrected chi connectivity index (χ1v) is 8.55.